The van der Waals surface area contributed by atoms with Gasteiger partial charge in [0, 0.05) is 18.9 Å². The Morgan fingerprint density at radius 3 is 1.62 bits per heavy atom. The Labute approximate surface area is 179 Å². The molecule has 0 aliphatic carbocycles. The average molecular weight is 398 g/mol. The molecule has 0 atom stereocenters. The predicted molar refractivity (Wildman–Crippen MR) is 126 cm³/mol. The maximum atomic E-state index is 5.90. The molecule has 0 bridgehead atoms. The van der Waals surface area contributed by atoms with E-state index in [1.807, 2.05) is 0 Å². The standard InChI is InChI=1S/C27H43NO/c1-2-3-4-5-6-7-8-9-10-11-12-13-14-17-24-29-27-20-18-26(19-21-27)25-28-22-15-16-23-28/h15-16,18-23H,2-14,17,24-25H2,1H3. The third kappa shape index (κ3) is 11.8. The third-order valence-electron chi connectivity index (χ3n) is 5.72. The number of aromatic nitrogens is 1. The highest BCUT2D eigenvalue weighted by Gasteiger charge is 1.98. The summed E-state index contributed by atoms with van der Waals surface area (Å²) in [5, 5.41) is 0. The van der Waals surface area contributed by atoms with Gasteiger partial charge in [-0.3, -0.25) is 0 Å². The number of ether oxygens (including phenoxy) is 1. The molecule has 29 heavy (non-hydrogen) atoms. The Morgan fingerprint density at radius 2 is 1.10 bits per heavy atom. The van der Waals surface area contributed by atoms with Gasteiger partial charge in [-0.15, -0.1) is 0 Å². The Bertz CT molecular complexity index is 588. The smallest absolute Gasteiger partial charge is 0.119 e. The quantitative estimate of drug-likeness (QED) is 0.230. The summed E-state index contributed by atoms with van der Waals surface area (Å²) in [6.45, 7) is 4.05. The molecule has 0 spiro atoms. The van der Waals surface area contributed by atoms with Crippen LogP contribution < -0.4 is 4.74 Å². The Kier molecular flexibility index (Phi) is 13.1. The van der Waals surface area contributed by atoms with E-state index in [0.717, 1.165) is 18.9 Å². The van der Waals surface area contributed by atoms with Crippen LogP contribution in [0.15, 0.2) is 48.8 Å². The zero-order valence-electron chi connectivity index (χ0n) is 18.8. The second-order valence-electron chi connectivity index (χ2n) is 8.44. The number of hydrogen-bond donors (Lipinski definition) is 0. The van der Waals surface area contributed by atoms with Gasteiger partial charge in [0.15, 0.2) is 0 Å². The summed E-state index contributed by atoms with van der Waals surface area (Å²) in [6, 6.07) is 12.7. The second kappa shape index (κ2) is 16.1. The highest BCUT2D eigenvalue weighted by Crippen LogP contribution is 2.15. The van der Waals surface area contributed by atoms with Crippen molar-refractivity contribution in [2.24, 2.45) is 0 Å². The summed E-state index contributed by atoms with van der Waals surface area (Å²) in [6.07, 6.45) is 23.7. The first-order valence-electron chi connectivity index (χ1n) is 12.2. The summed E-state index contributed by atoms with van der Waals surface area (Å²) < 4.78 is 8.08. The van der Waals surface area contributed by atoms with Gasteiger partial charge in [-0.25, -0.2) is 0 Å². The molecule has 162 valence electrons. The monoisotopic (exact) mass is 397 g/mol. The van der Waals surface area contributed by atoms with Gasteiger partial charge in [-0.1, -0.05) is 103 Å². The maximum Gasteiger partial charge on any atom is 0.119 e. The van der Waals surface area contributed by atoms with E-state index in [9.17, 15) is 0 Å². The third-order valence-corrected chi connectivity index (χ3v) is 5.72. The van der Waals surface area contributed by atoms with Crippen molar-refractivity contribution < 1.29 is 4.74 Å². The fourth-order valence-electron chi connectivity index (χ4n) is 3.86. The Morgan fingerprint density at radius 1 is 0.621 bits per heavy atom. The molecule has 0 amide bonds. The molecule has 0 N–H and O–H groups in total. The number of rotatable bonds is 18. The van der Waals surface area contributed by atoms with Gasteiger partial charge >= 0.3 is 0 Å². The lowest BCUT2D eigenvalue weighted by atomic mass is 10.0. The molecule has 0 unspecified atom stereocenters. The van der Waals surface area contributed by atoms with E-state index in [2.05, 4.69) is 60.3 Å². The van der Waals surface area contributed by atoms with Gasteiger partial charge in [0.05, 0.1) is 6.61 Å². The van der Waals surface area contributed by atoms with Crippen LogP contribution in [0.4, 0.5) is 0 Å². The van der Waals surface area contributed by atoms with Crippen molar-refractivity contribution in [1.29, 1.82) is 0 Å². The van der Waals surface area contributed by atoms with Crippen molar-refractivity contribution in [2.45, 2.75) is 103 Å². The van der Waals surface area contributed by atoms with E-state index < -0.39 is 0 Å². The van der Waals surface area contributed by atoms with Crippen LogP contribution in [-0.4, -0.2) is 11.2 Å². The van der Waals surface area contributed by atoms with E-state index in [1.54, 1.807) is 0 Å². The average Bonchev–Trinajstić information content (AvgIpc) is 3.25. The molecule has 2 heteroatoms. The molecule has 2 aromatic rings. The molecule has 1 aromatic heterocycles. The van der Waals surface area contributed by atoms with E-state index >= 15 is 0 Å². The summed E-state index contributed by atoms with van der Waals surface area (Å²) in [5.41, 5.74) is 1.31. The van der Waals surface area contributed by atoms with Gasteiger partial charge < -0.3 is 9.30 Å². The van der Waals surface area contributed by atoms with Crippen molar-refractivity contribution in [3.63, 3.8) is 0 Å². The lowest BCUT2D eigenvalue weighted by molar-refractivity contribution is 0.304. The van der Waals surface area contributed by atoms with Crippen LogP contribution in [0.1, 0.15) is 102 Å². The molecule has 2 rings (SSSR count). The van der Waals surface area contributed by atoms with Crippen molar-refractivity contribution in [3.05, 3.63) is 54.4 Å². The fraction of sp³-hybridized carbons (Fsp3) is 0.630. The number of nitrogens with zero attached hydrogens (tertiary/aromatic N) is 1. The highest BCUT2D eigenvalue weighted by atomic mass is 16.5. The van der Waals surface area contributed by atoms with Gasteiger partial charge in [-0.2, -0.15) is 0 Å². The Balaban J connectivity index is 1.36. The maximum absolute atomic E-state index is 5.90. The topological polar surface area (TPSA) is 14.2 Å². The highest BCUT2D eigenvalue weighted by molar-refractivity contribution is 5.27. The van der Waals surface area contributed by atoms with Crippen molar-refractivity contribution in [2.75, 3.05) is 6.61 Å². The van der Waals surface area contributed by atoms with Crippen molar-refractivity contribution >= 4 is 0 Å². The van der Waals surface area contributed by atoms with Gasteiger partial charge in [0.25, 0.3) is 0 Å². The molecule has 1 heterocycles. The molecule has 0 saturated carbocycles. The minimum Gasteiger partial charge on any atom is -0.494 e. The van der Waals surface area contributed by atoms with Crippen LogP contribution in [0.2, 0.25) is 0 Å². The van der Waals surface area contributed by atoms with Crippen LogP contribution in [0.3, 0.4) is 0 Å². The second-order valence-corrected chi connectivity index (χ2v) is 8.44. The van der Waals surface area contributed by atoms with Crippen LogP contribution in [-0.2, 0) is 6.54 Å². The fourth-order valence-corrected chi connectivity index (χ4v) is 3.86. The molecular formula is C27H43NO. The van der Waals surface area contributed by atoms with E-state index in [0.29, 0.717) is 0 Å². The normalized spacial score (nSPS) is 11.1. The van der Waals surface area contributed by atoms with Gasteiger partial charge in [-0.05, 0) is 36.2 Å². The van der Waals surface area contributed by atoms with E-state index in [4.69, 9.17) is 4.74 Å². The molecule has 2 nitrogen and oxygen atoms in total. The SMILES string of the molecule is CCCCCCCCCCCCCCCCOc1ccc(Cn2cccc2)cc1. The van der Waals surface area contributed by atoms with Crippen molar-refractivity contribution in [3.8, 4) is 5.75 Å². The molecule has 0 aliphatic rings. The van der Waals surface area contributed by atoms with Gasteiger partial charge in [0.1, 0.15) is 5.75 Å². The summed E-state index contributed by atoms with van der Waals surface area (Å²) in [5.74, 6) is 0.996. The number of benzene rings is 1. The lowest BCUT2D eigenvalue weighted by Gasteiger charge is -2.08. The van der Waals surface area contributed by atoms with E-state index in [1.165, 1.54) is 95.5 Å². The van der Waals surface area contributed by atoms with E-state index in [-0.39, 0.29) is 0 Å². The lowest BCUT2D eigenvalue weighted by Crippen LogP contribution is -1.99. The van der Waals surface area contributed by atoms with Crippen LogP contribution >= 0.6 is 0 Å². The summed E-state index contributed by atoms with van der Waals surface area (Å²) >= 11 is 0. The summed E-state index contributed by atoms with van der Waals surface area (Å²) in [4.78, 5) is 0. The van der Waals surface area contributed by atoms with Crippen LogP contribution in [0, 0.1) is 0 Å². The van der Waals surface area contributed by atoms with Crippen molar-refractivity contribution in [1.82, 2.24) is 4.57 Å². The minimum atomic E-state index is 0.842. The first-order chi connectivity index (χ1) is 14.4. The molecule has 0 aliphatic heterocycles. The van der Waals surface area contributed by atoms with Crippen LogP contribution in [0.5, 0.6) is 5.75 Å². The van der Waals surface area contributed by atoms with Gasteiger partial charge in [0.2, 0.25) is 0 Å². The molecule has 1 aromatic carbocycles. The number of unbranched alkanes of at least 4 members (excludes halogenated alkanes) is 13. The molecule has 0 radical (unpaired) electrons. The van der Waals surface area contributed by atoms with Crippen LogP contribution in [0.25, 0.3) is 0 Å². The molecule has 0 fully saturated rings. The zero-order valence-corrected chi connectivity index (χ0v) is 18.8. The Hall–Kier alpha value is -1.70. The minimum absolute atomic E-state index is 0.842. The molecule has 0 saturated heterocycles. The number of hydrogen-bond acceptors (Lipinski definition) is 1. The first-order valence-corrected chi connectivity index (χ1v) is 12.2. The summed E-state index contributed by atoms with van der Waals surface area (Å²) in [7, 11) is 0. The predicted octanol–water partition coefficient (Wildman–Crippen LogP) is 8.40. The molecular weight excluding hydrogens is 354 g/mol. The first kappa shape index (κ1) is 23.6. The largest absolute Gasteiger partial charge is 0.494 e. The zero-order chi connectivity index (χ0) is 20.4.